The quantitative estimate of drug-likeness (QED) is 0.747. The third-order valence-electron chi connectivity index (χ3n) is 2.89. The summed E-state index contributed by atoms with van der Waals surface area (Å²) in [5, 5.41) is 13.9. The smallest absolute Gasteiger partial charge is 0.157 e. The van der Waals surface area contributed by atoms with Crippen molar-refractivity contribution in [2.45, 2.75) is 6.04 Å². The van der Waals surface area contributed by atoms with Gasteiger partial charge in [-0.05, 0) is 40.7 Å². The number of hydrogen-bond donors (Lipinski definition) is 1. The Morgan fingerprint density at radius 2 is 1.85 bits per heavy atom. The molecule has 0 amide bonds. The van der Waals surface area contributed by atoms with Crippen molar-refractivity contribution < 1.29 is 0 Å². The maximum absolute atomic E-state index is 4.35. The molecule has 0 saturated heterocycles. The molecule has 1 atom stereocenters. The van der Waals surface area contributed by atoms with E-state index in [-0.39, 0.29) is 6.04 Å². The predicted octanol–water partition coefficient (Wildman–Crippen LogP) is 4.34. The Labute approximate surface area is 133 Å². The largest absolute Gasteiger partial charge is 0.307 e. The summed E-state index contributed by atoms with van der Waals surface area (Å²) in [6.45, 7) is 0. The van der Waals surface area contributed by atoms with Crippen molar-refractivity contribution in [3.8, 4) is 9.88 Å². The standard InChI is InChI=1S/C14H12BrN3S2/c1-16-12(9-5-3-2-4-6-9)14-18-17-13(20-14)10-7-8-11(15)19-10/h2-8,12,16H,1H3. The van der Waals surface area contributed by atoms with Gasteiger partial charge in [-0.2, -0.15) is 0 Å². The van der Waals surface area contributed by atoms with Crippen LogP contribution < -0.4 is 5.32 Å². The number of aromatic nitrogens is 2. The topological polar surface area (TPSA) is 37.8 Å². The molecule has 0 aliphatic rings. The second-order valence-corrected chi connectivity index (χ2v) is 7.65. The average molecular weight is 366 g/mol. The number of nitrogens with one attached hydrogen (secondary N) is 1. The van der Waals surface area contributed by atoms with Gasteiger partial charge in [0, 0.05) is 0 Å². The van der Waals surface area contributed by atoms with Crippen LogP contribution in [0.1, 0.15) is 16.6 Å². The van der Waals surface area contributed by atoms with Crippen LogP contribution in [0.2, 0.25) is 0 Å². The van der Waals surface area contributed by atoms with Gasteiger partial charge < -0.3 is 5.32 Å². The summed E-state index contributed by atoms with van der Waals surface area (Å²) in [6.07, 6.45) is 0. The zero-order valence-corrected chi connectivity index (χ0v) is 13.9. The first-order valence-electron chi connectivity index (χ1n) is 6.09. The molecule has 0 spiro atoms. The van der Waals surface area contributed by atoms with Crippen LogP contribution in [0.4, 0.5) is 0 Å². The Hall–Kier alpha value is -1.08. The van der Waals surface area contributed by atoms with Gasteiger partial charge in [-0.3, -0.25) is 0 Å². The van der Waals surface area contributed by atoms with E-state index in [9.17, 15) is 0 Å². The first kappa shape index (κ1) is 13.9. The number of hydrogen-bond acceptors (Lipinski definition) is 5. The fraction of sp³-hybridized carbons (Fsp3) is 0.143. The molecule has 3 aromatic rings. The zero-order chi connectivity index (χ0) is 13.9. The Morgan fingerprint density at radius 1 is 1.05 bits per heavy atom. The summed E-state index contributed by atoms with van der Waals surface area (Å²) in [7, 11) is 1.94. The lowest BCUT2D eigenvalue weighted by atomic mass is 10.1. The molecular formula is C14H12BrN3S2. The highest BCUT2D eigenvalue weighted by molar-refractivity contribution is 9.11. The molecule has 0 radical (unpaired) electrons. The molecule has 3 nitrogen and oxygen atoms in total. The predicted molar refractivity (Wildman–Crippen MR) is 88.3 cm³/mol. The van der Waals surface area contributed by atoms with Crippen LogP contribution in [0.25, 0.3) is 9.88 Å². The number of nitrogens with zero attached hydrogens (tertiary/aromatic N) is 2. The van der Waals surface area contributed by atoms with Gasteiger partial charge in [0.15, 0.2) is 5.01 Å². The lowest BCUT2D eigenvalue weighted by Gasteiger charge is -2.12. The minimum absolute atomic E-state index is 0.0888. The number of benzene rings is 1. The van der Waals surface area contributed by atoms with E-state index in [4.69, 9.17) is 0 Å². The minimum Gasteiger partial charge on any atom is -0.307 e. The summed E-state index contributed by atoms with van der Waals surface area (Å²) in [6, 6.07) is 14.5. The van der Waals surface area contributed by atoms with Crippen molar-refractivity contribution in [3.05, 3.63) is 56.8 Å². The molecule has 20 heavy (non-hydrogen) atoms. The van der Waals surface area contributed by atoms with Crippen molar-refractivity contribution in [2.75, 3.05) is 7.05 Å². The van der Waals surface area contributed by atoms with Gasteiger partial charge in [-0.1, -0.05) is 41.7 Å². The maximum atomic E-state index is 4.35. The van der Waals surface area contributed by atoms with E-state index in [0.717, 1.165) is 18.7 Å². The Bertz CT molecular complexity index is 693. The van der Waals surface area contributed by atoms with Gasteiger partial charge in [0.2, 0.25) is 0 Å². The van der Waals surface area contributed by atoms with Gasteiger partial charge in [0.1, 0.15) is 5.01 Å². The highest BCUT2D eigenvalue weighted by Crippen LogP contribution is 2.35. The average Bonchev–Trinajstić information content (AvgIpc) is 3.10. The Morgan fingerprint density at radius 3 is 2.50 bits per heavy atom. The maximum Gasteiger partial charge on any atom is 0.157 e. The van der Waals surface area contributed by atoms with E-state index in [1.54, 1.807) is 22.7 Å². The molecule has 0 saturated carbocycles. The second kappa shape index (κ2) is 6.13. The van der Waals surface area contributed by atoms with Crippen LogP contribution >= 0.6 is 38.6 Å². The third kappa shape index (κ3) is 2.83. The van der Waals surface area contributed by atoms with Crippen molar-refractivity contribution in [2.24, 2.45) is 0 Å². The second-order valence-electron chi connectivity index (χ2n) is 4.18. The molecule has 0 aliphatic heterocycles. The van der Waals surface area contributed by atoms with Gasteiger partial charge in [-0.25, -0.2) is 0 Å². The van der Waals surface area contributed by atoms with Crippen LogP contribution in [0, 0.1) is 0 Å². The molecule has 0 bridgehead atoms. The highest BCUT2D eigenvalue weighted by Gasteiger charge is 2.18. The van der Waals surface area contributed by atoms with E-state index in [1.807, 2.05) is 31.3 Å². The van der Waals surface area contributed by atoms with Gasteiger partial charge in [-0.15, -0.1) is 21.5 Å². The van der Waals surface area contributed by atoms with Crippen molar-refractivity contribution >= 4 is 38.6 Å². The fourth-order valence-electron chi connectivity index (χ4n) is 1.96. The van der Waals surface area contributed by atoms with Crippen molar-refractivity contribution in [1.29, 1.82) is 0 Å². The van der Waals surface area contributed by atoms with Crippen molar-refractivity contribution in [1.82, 2.24) is 15.5 Å². The zero-order valence-electron chi connectivity index (χ0n) is 10.7. The summed E-state index contributed by atoms with van der Waals surface area (Å²) in [4.78, 5) is 1.14. The molecular weight excluding hydrogens is 354 g/mol. The van der Waals surface area contributed by atoms with Crippen LogP contribution in [0.5, 0.6) is 0 Å². The Balaban J connectivity index is 1.92. The van der Waals surface area contributed by atoms with E-state index >= 15 is 0 Å². The number of thiophene rings is 1. The fourth-order valence-corrected chi connectivity index (χ4v) is 4.38. The molecule has 2 aromatic heterocycles. The molecule has 2 heterocycles. The van der Waals surface area contributed by atoms with E-state index in [0.29, 0.717) is 0 Å². The van der Waals surface area contributed by atoms with Crippen molar-refractivity contribution in [3.63, 3.8) is 0 Å². The van der Waals surface area contributed by atoms with E-state index in [1.165, 1.54) is 5.56 Å². The molecule has 6 heteroatoms. The summed E-state index contributed by atoms with van der Waals surface area (Å²) < 4.78 is 1.11. The van der Waals surface area contributed by atoms with Crippen LogP contribution in [-0.2, 0) is 0 Å². The summed E-state index contributed by atoms with van der Waals surface area (Å²) >= 11 is 6.78. The van der Waals surface area contributed by atoms with Crippen LogP contribution in [-0.4, -0.2) is 17.2 Å². The van der Waals surface area contributed by atoms with E-state index in [2.05, 4.69) is 49.6 Å². The number of rotatable bonds is 4. The summed E-state index contributed by atoms with van der Waals surface area (Å²) in [5.74, 6) is 0. The first-order valence-corrected chi connectivity index (χ1v) is 8.52. The van der Waals surface area contributed by atoms with Gasteiger partial charge in [0.05, 0.1) is 14.7 Å². The molecule has 1 aromatic carbocycles. The van der Waals surface area contributed by atoms with Gasteiger partial charge >= 0.3 is 0 Å². The first-order chi connectivity index (χ1) is 9.78. The lowest BCUT2D eigenvalue weighted by Crippen LogP contribution is -2.17. The molecule has 0 fully saturated rings. The van der Waals surface area contributed by atoms with Crippen LogP contribution in [0.3, 0.4) is 0 Å². The number of halogens is 1. The normalized spacial score (nSPS) is 12.5. The molecule has 1 unspecified atom stereocenters. The monoisotopic (exact) mass is 365 g/mol. The highest BCUT2D eigenvalue weighted by atomic mass is 79.9. The molecule has 3 rings (SSSR count). The molecule has 1 N–H and O–H groups in total. The molecule has 102 valence electrons. The lowest BCUT2D eigenvalue weighted by molar-refractivity contribution is 0.678. The third-order valence-corrected chi connectivity index (χ3v) is 5.67. The summed E-state index contributed by atoms with van der Waals surface area (Å²) in [5.41, 5.74) is 1.20. The minimum atomic E-state index is 0.0888. The Kier molecular flexibility index (Phi) is 4.26. The van der Waals surface area contributed by atoms with E-state index < -0.39 is 0 Å². The molecule has 0 aliphatic carbocycles. The van der Waals surface area contributed by atoms with Gasteiger partial charge in [0.25, 0.3) is 0 Å². The SMILES string of the molecule is CNC(c1ccccc1)c1nnc(-c2ccc(Br)s2)s1. The van der Waals surface area contributed by atoms with Crippen LogP contribution in [0.15, 0.2) is 46.3 Å².